The molecule has 2 aromatic rings. The smallest absolute Gasteiger partial charge is 0.276 e. The van der Waals surface area contributed by atoms with E-state index >= 15 is 0 Å². The number of para-hydroxylation sites is 1. The lowest BCUT2D eigenvalue weighted by Crippen LogP contribution is -2.41. The molecule has 0 saturated heterocycles. The topological polar surface area (TPSA) is 67.2 Å². The summed E-state index contributed by atoms with van der Waals surface area (Å²) in [6, 6.07) is 11.1. The third kappa shape index (κ3) is 3.90. The van der Waals surface area contributed by atoms with Gasteiger partial charge in [0.05, 0.1) is 18.8 Å². The summed E-state index contributed by atoms with van der Waals surface area (Å²) in [6.07, 6.45) is 1.90. The second-order valence-corrected chi connectivity index (χ2v) is 6.51. The molecule has 1 aliphatic rings. The zero-order chi connectivity index (χ0) is 17.8. The highest BCUT2D eigenvalue weighted by Gasteiger charge is 2.26. The number of anilines is 1. The predicted octanol–water partition coefficient (Wildman–Crippen LogP) is 2.91. The van der Waals surface area contributed by atoms with E-state index in [1.165, 1.54) is 0 Å². The van der Waals surface area contributed by atoms with Gasteiger partial charge in [-0.15, -0.1) is 0 Å². The lowest BCUT2D eigenvalue weighted by atomic mass is 10.0. The number of carbonyl (C=O) groups is 2. The van der Waals surface area contributed by atoms with Crippen molar-refractivity contribution in [3.8, 4) is 0 Å². The fourth-order valence-electron chi connectivity index (χ4n) is 3.15. The average Bonchev–Trinajstić information content (AvgIpc) is 3.05. The van der Waals surface area contributed by atoms with E-state index in [0.717, 1.165) is 24.2 Å². The first-order chi connectivity index (χ1) is 12.1. The zero-order valence-corrected chi connectivity index (χ0v) is 14.7. The highest BCUT2D eigenvalue weighted by molar-refractivity contribution is 6.02. The summed E-state index contributed by atoms with van der Waals surface area (Å²) in [5, 5.41) is 7.23. The summed E-state index contributed by atoms with van der Waals surface area (Å²) in [7, 11) is 0. The summed E-state index contributed by atoms with van der Waals surface area (Å²) in [5.74, 6) is -0.00441. The van der Waals surface area contributed by atoms with Gasteiger partial charge in [-0.3, -0.25) is 14.3 Å². The lowest BCUT2D eigenvalue weighted by Gasteiger charge is -2.29. The van der Waals surface area contributed by atoms with Gasteiger partial charge in [0.25, 0.3) is 5.91 Å². The number of carbonyl (C=O) groups excluding carboxylic acids is 2. The highest BCUT2D eigenvalue weighted by atomic mass is 16.2. The van der Waals surface area contributed by atoms with Crippen LogP contribution in [0.4, 0.5) is 5.69 Å². The fraction of sp³-hybridized carbons (Fsp3) is 0.421. The van der Waals surface area contributed by atoms with Crippen LogP contribution in [0.3, 0.4) is 0 Å². The van der Waals surface area contributed by atoms with Gasteiger partial charge in [-0.05, 0) is 24.6 Å². The van der Waals surface area contributed by atoms with Crippen LogP contribution in [0.25, 0.3) is 0 Å². The molecule has 1 N–H and O–H groups in total. The van der Waals surface area contributed by atoms with Crippen LogP contribution in [-0.4, -0.2) is 33.0 Å². The molecule has 0 unspecified atom stereocenters. The molecule has 2 amide bonds. The van der Waals surface area contributed by atoms with Crippen molar-refractivity contribution in [1.29, 1.82) is 0 Å². The Bertz CT molecular complexity index is 754. The Morgan fingerprint density at radius 2 is 2.00 bits per heavy atom. The minimum Gasteiger partial charge on any atom is -0.335 e. The molecule has 2 heterocycles. The number of hydrogen-bond donors (Lipinski definition) is 1. The van der Waals surface area contributed by atoms with Crippen LogP contribution in [0.5, 0.6) is 0 Å². The normalized spacial score (nSPS) is 14.7. The van der Waals surface area contributed by atoms with Crippen molar-refractivity contribution in [2.24, 2.45) is 5.92 Å². The molecule has 1 atom stereocenters. The molecule has 132 valence electrons. The Balaban J connectivity index is 1.68. The van der Waals surface area contributed by atoms with Gasteiger partial charge in [-0.1, -0.05) is 38.5 Å². The number of benzene rings is 1. The van der Waals surface area contributed by atoms with Crippen molar-refractivity contribution in [2.45, 2.75) is 39.8 Å². The number of fused-ring (bicyclic) bond motifs is 1. The number of rotatable bonds is 5. The van der Waals surface area contributed by atoms with Crippen LogP contribution in [0.15, 0.2) is 36.4 Å². The Labute approximate surface area is 147 Å². The molecule has 6 nitrogen and oxygen atoms in total. The van der Waals surface area contributed by atoms with Crippen molar-refractivity contribution in [3.05, 3.63) is 47.8 Å². The molecular formula is C19H24N4O2. The molecule has 0 bridgehead atoms. The molecule has 0 spiro atoms. The number of nitrogens with zero attached hydrogens (tertiary/aromatic N) is 3. The number of nitrogens with one attached hydrogen (secondary N) is 1. The van der Waals surface area contributed by atoms with Crippen LogP contribution < -0.4 is 5.32 Å². The van der Waals surface area contributed by atoms with Crippen molar-refractivity contribution < 1.29 is 9.59 Å². The molecule has 1 aromatic heterocycles. The first-order valence-electron chi connectivity index (χ1n) is 8.80. The van der Waals surface area contributed by atoms with Gasteiger partial charge in [0.15, 0.2) is 5.69 Å². The Kier molecular flexibility index (Phi) is 5.16. The van der Waals surface area contributed by atoms with Gasteiger partial charge < -0.3 is 10.2 Å². The van der Waals surface area contributed by atoms with Crippen molar-refractivity contribution in [3.63, 3.8) is 0 Å². The third-order valence-electron chi connectivity index (χ3n) is 4.52. The van der Waals surface area contributed by atoms with E-state index in [1.807, 2.05) is 46.8 Å². The molecule has 6 heteroatoms. The molecule has 25 heavy (non-hydrogen) atoms. The van der Waals surface area contributed by atoms with E-state index in [0.29, 0.717) is 25.3 Å². The first kappa shape index (κ1) is 17.2. The molecule has 0 aliphatic carbocycles. The lowest BCUT2D eigenvalue weighted by molar-refractivity contribution is -0.136. The standard InChI is InChI=1S/C19H24N4O2/c1-3-7-14(2)19(25)22-10-11-23-16(13-22)12-17(21-23)18(24)20-15-8-5-4-6-9-15/h4-6,8-9,12,14H,3,7,10-11,13H2,1-2H3,(H,20,24)/t14-/m0/s1. The minimum atomic E-state index is -0.231. The van der Waals surface area contributed by atoms with Gasteiger partial charge in [-0.2, -0.15) is 5.10 Å². The number of hydrogen-bond acceptors (Lipinski definition) is 3. The average molecular weight is 340 g/mol. The Morgan fingerprint density at radius 1 is 1.24 bits per heavy atom. The van der Waals surface area contributed by atoms with Gasteiger partial charge in [0, 0.05) is 18.2 Å². The van der Waals surface area contributed by atoms with E-state index in [1.54, 1.807) is 6.07 Å². The van der Waals surface area contributed by atoms with Crippen LogP contribution in [0, 0.1) is 5.92 Å². The van der Waals surface area contributed by atoms with Gasteiger partial charge in [-0.25, -0.2) is 0 Å². The molecule has 3 rings (SSSR count). The van der Waals surface area contributed by atoms with Crippen LogP contribution in [-0.2, 0) is 17.9 Å². The quantitative estimate of drug-likeness (QED) is 0.910. The minimum absolute atomic E-state index is 0.0420. The number of amides is 2. The first-order valence-corrected chi connectivity index (χ1v) is 8.80. The molecule has 0 fully saturated rings. The molecule has 0 radical (unpaired) electrons. The van der Waals surface area contributed by atoms with Gasteiger partial charge in [0.2, 0.25) is 5.91 Å². The van der Waals surface area contributed by atoms with Crippen LogP contribution in [0.2, 0.25) is 0 Å². The molecular weight excluding hydrogens is 316 g/mol. The largest absolute Gasteiger partial charge is 0.335 e. The van der Waals surface area contributed by atoms with E-state index in [2.05, 4.69) is 17.3 Å². The fourth-order valence-corrected chi connectivity index (χ4v) is 3.15. The SMILES string of the molecule is CCC[C@H](C)C(=O)N1CCn2nc(C(=O)Nc3ccccc3)cc2C1. The monoisotopic (exact) mass is 340 g/mol. The zero-order valence-electron chi connectivity index (χ0n) is 14.7. The van der Waals surface area contributed by atoms with Gasteiger partial charge >= 0.3 is 0 Å². The summed E-state index contributed by atoms with van der Waals surface area (Å²) < 4.78 is 1.83. The van der Waals surface area contributed by atoms with Crippen molar-refractivity contribution >= 4 is 17.5 Å². The van der Waals surface area contributed by atoms with Gasteiger partial charge in [0.1, 0.15) is 0 Å². The predicted molar refractivity (Wildman–Crippen MR) is 96.1 cm³/mol. The summed E-state index contributed by atoms with van der Waals surface area (Å²) >= 11 is 0. The summed E-state index contributed by atoms with van der Waals surface area (Å²) in [6.45, 7) is 5.85. The molecule has 1 aromatic carbocycles. The maximum Gasteiger partial charge on any atom is 0.276 e. The maximum atomic E-state index is 12.5. The third-order valence-corrected chi connectivity index (χ3v) is 4.52. The second kappa shape index (κ2) is 7.51. The second-order valence-electron chi connectivity index (χ2n) is 6.51. The van der Waals surface area contributed by atoms with E-state index < -0.39 is 0 Å². The van der Waals surface area contributed by atoms with E-state index in [-0.39, 0.29) is 17.7 Å². The van der Waals surface area contributed by atoms with Crippen LogP contribution in [0.1, 0.15) is 42.9 Å². The number of aromatic nitrogens is 2. The Morgan fingerprint density at radius 3 is 2.72 bits per heavy atom. The molecule has 1 aliphatic heterocycles. The van der Waals surface area contributed by atoms with E-state index in [4.69, 9.17) is 0 Å². The van der Waals surface area contributed by atoms with Crippen molar-refractivity contribution in [1.82, 2.24) is 14.7 Å². The maximum absolute atomic E-state index is 12.5. The highest BCUT2D eigenvalue weighted by Crippen LogP contribution is 2.18. The van der Waals surface area contributed by atoms with Crippen LogP contribution >= 0.6 is 0 Å². The Hall–Kier alpha value is -2.63. The van der Waals surface area contributed by atoms with Crippen molar-refractivity contribution in [2.75, 3.05) is 11.9 Å². The summed E-state index contributed by atoms with van der Waals surface area (Å²) in [5.41, 5.74) is 2.03. The summed E-state index contributed by atoms with van der Waals surface area (Å²) in [4.78, 5) is 26.7. The van der Waals surface area contributed by atoms with E-state index in [9.17, 15) is 9.59 Å². The molecule has 0 saturated carbocycles.